The van der Waals surface area contributed by atoms with Crippen LogP contribution < -0.4 is 4.74 Å². The van der Waals surface area contributed by atoms with E-state index in [9.17, 15) is 4.79 Å². The van der Waals surface area contributed by atoms with Crippen molar-refractivity contribution in [1.29, 1.82) is 0 Å². The summed E-state index contributed by atoms with van der Waals surface area (Å²) in [5.41, 5.74) is 1.18. The maximum Gasteiger partial charge on any atom is 0.233 e. The molecule has 1 aromatic carbocycles. The Hall–Kier alpha value is -1.20. The highest BCUT2D eigenvalue weighted by Gasteiger charge is 2.32. The zero-order chi connectivity index (χ0) is 15.9. The second-order valence-electron chi connectivity index (χ2n) is 5.82. The van der Waals surface area contributed by atoms with Gasteiger partial charge in [-0.1, -0.05) is 19.1 Å². The van der Waals surface area contributed by atoms with Crippen LogP contribution >= 0.6 is 11.8 Å². The number of nitrogens with zero attached hydrogens (tertiary/aromatic N) is 2. The monoisotopic (exact) mass is 322 g/mol. The number of hydrogen-bond donors (Lipinski definition) is 0. The molecule has 1 atom stereocenters. The normalized spacial score (nSPS) is 18.3. The molecule has 0 spiro atoms. The molecule has 4 nitrogen and oxygen atoms in total. The summed E-state index contributed by atoms with van der Waals surface area (Å²) >= 11 is 1.72. The molecule has 1 aromatic rings. The van der Waals surface area contributed by atoms with Crippen molar-refractivity contribution in [2.75, 3.05) is 39.5 Å². The average Bonchev–Trinajstić information content (AvgIpc) is 2.87. The summed E-state index contributed by atoms with van der Waals surface area (Å²) in [5, 5.41) is 0.148. The molecule has 1 heterocycles. The third-order valence-corrected chi connectivity index (χ3v) is 4.87. The Bertz CT molecular complexity index is 476. The van der Waals surface area contributed by atoms with Gasteiger partial charge >= 0.3 is 0 Å². The van der Waals surface area contributed by atoms with Crippen LogP contribution in [0.15, 0.2) is 24.3 Å². The largest absolute Gasteiger partial charge is 0.494 e. The van der Waals surface area contributed by atoms with Gasteiger partial charge in [-0.15, -0.1) is 11.8 Å². The van der Waals surface area contributed by atoms with Crippen molar-refractivity contribution < 1.29 is 9.53 Å². The van der Waals surface area contributed by atoms with Gasteiger partial charge in [0, 0.05) is 6.54 Å². The Labute approximate surface area is 137 Å². The van der Waals surface area contributed by atoms with Crippen LogP contribution in [-0.2, 0) is 4.79 Å². The van der Waals surface area contributed by atoms with Gasteiger partial charge in [0.25, 0.3) is 0 Å². The molecule has 0 bridgehead atoms. The molecule has 5 heteroatoms. The van der Waals surface area contributed by atoms with E-state index in [4.69, 9.17) is 4.74 Å². The maximum absolute atomic E-state index is 12.1. The fraction of sp³-hybridized carbons (Fsp3) is 0.588. The number of benzene rings is 1. The molecule has 1 amide bonds. The minimum Gasteiger partial charge on any atom is -0.494 e. The van der Waals surface area contributed by atoms with E-state index in [0.717, 1.165) is 38.3 Å². The molecule has 1 aliphatic rings. The van der Waals surface area contributed by atoms with Gasteiger partial charge in [-0.05, 0) is 51.2 Å². The van der Waals surface area contributed by atoms with Crippen molar-refractivity contribution >= 4 is 17.7 Å². The Morgan fingerprint density at radius 2 is 2.05 bits per heavy atom. The van der Waals surface area contributed by atoms with E-state index >= 15 is 0 Å². The number of carbonyl (C=O) groups is 1. The Morgan fingerprint density at radius 1 is 1.32 bits per heavy atom. The zero-order valence-electron chi connectivity index (χ0n) is 13.7. The number of thioether (sulfide) groups is 1. The standard InChI is InChI=1S/C17H26N2O2S/c1-4-12-21-15-8-6-14(7-9-15)17-19(16(20)13-22-17)11-5-10-18(2)3/h6-9,17H,4-5,10-13H2,1-3H3. The van der Waals surface area contributed by atoms with Crippen LogP contribution in [0.2, 0.25) is 0 Å². The molecule has 1 fully saturated rings. The molecule has 0 N–H and O–H groups in total. The lowest BCUT2D eigenvalue weighted by Crippen LogP contribution is -2.31. The van der Waals surface area contributed by atoms with Gasteiger partial charge in [-0.25, -0.2) is 0 Å². The summed E-state index contributed by atoms with van der Waals surface area (Å²) < 4.78 is 5.62. The molecule has 1 saturated heterocycles. The second-order valence-corrected chi connectivity index (χ2v) is 6.89. The maximum atomic E-state index is 12.1. The van der Waals surface area contributed by atoms with Crippen LogP contribution in [0.3, 0.4) is 0 Å². The van der Waals surface area contributed by atoms with Crippen LogP contribution in [0, 0.1) is 0 Å². The van der Waals surface area contributed by atoms with Crippen LogP contribution in [0.25, 0.3) is 0 Å². The van der Waals surface area contributed by atoms with E-state index in [-0.39, 0.29) is 11.3 Å². The first-order chi connectivity index (χ1) is 10.6. The van der Waals surface area contributed by atoms with Crippen molar-refractivity contribution in [2.24, 2.45) is 0 Å². The van der Waals surface area contributed by atoms with E-state index in [2.05, 4.69) is 38.1 Å². The summed E-state index contributed by atoms with van der Waals surface area (Å²) in [7, 11) is 4.13. The van der Waals surface area contributed by atoms with E-state index < -0.39 is 0 Å². The van der Waals surface area contributed by atoms with Crippen molar-refractivity contribution in [3.05, 3.63) is 29.8 Å². The zero-order valence-corrected chi connectivity index (χ0v) is 14.6. The number of ether oxygens (including phenoxy) is 1. The number of carbonyl (C=O) groups excluding carboxylic acids is 1. The summed E-state index contributed by atoms with van der Waals surface area (Å²) in [6.45, 7) is 4.67. The van der Waals surface area contributed by atoms with Gasteiger partial charge in [0.15, 0.2) is 0 Å². The lowest BCUT2D eigenvalue weighted by molar-refractivity contribution is -0.128. The van der Waals surface area contributed by atoms with Crippen molar-refractivity contribution in [3.8, 4) is 5.75 Å². The number of amides is 1. The summed E-state index contributed by atoms with van der Waals surface area (Å²) in [6, 6.07) is 8.18. The van der Waals surface area contributed by atoms with E-state index in [0.29, 0.717) is 5.75 Å². The van der Waals surface area contributed by atoms with Crippen LogP contribution in [0.4, 0.5) is 0 Å². The number of rotatable bonds is 8. The average molecular weight is 322 g/mol. The predicted molar refractivity (Wildman–Crippen MR) is 92.3 cm³/mol. The fourth-order valence-electron chi connectivity index (χ4n) is 2.48. The van der Waals surface area contributed by atoms with Gasteiger partial charge in [-0.3, -0.25) is 4.79 Å². The molecule has 1 unspecified atom stereocenters. The highest BCUT2D eigenvalue weighted by atomic mass is 32.2. The molecular formula is C17H26N2O2S. The van der Waals surface area contributed by atoms with E-state index in [1.807, 2.05) is 17.0 Å². The molecule has 0 aromatic heterocycles. The molecular weight excluding hydrogens is 296 g/mol. The van der Waals surface area contributed by atoms with Gasteiger partial charge < -0.3 is 14.5 Å². The third-order valence-electron chi connectivity index (χ3n) is 3.61. The highest BCUT2D eigenvalue weighted by Crippen LogP contribution is 2.39. The molecule has 122 valence electrons. The van der Waals surface area contributed by atoms with Gasteiger partial charge in [-0.2, -0.15) is 0 Å². The topological polar surface area (TPSA) is 32.8 Å². The molecule has 2 rings (SSSR count). The molecule has 0 aliphatic carbocycles. The Balaban J connectivity index is 1.98. The van der Waals surface area contributed by atoms with Crippen LogP contribution in [0.1, 0.15) is 30.7 Å². The molecule has 22 heavy (non-hydrogen) atoms. The van der Waals surface area contributed by atoms with Crippen molar-refractivity contribution in [1.82, 2.24) is 9.80 Å². The van der Waals surface area contributed by atoms with Gasteiger partial charge in [0.1, 0.15) is 11.1 Å². The van der Waals surface area contributed by atoms with Crippen molar-refractivity contribution in [3.63, 3.8) is 0 Å². The Kier molecular flexibility index (Phi) is 6.58. The summed E-state index contributed by atoms with van der Waals surface area (Å²) in [4.78, 5) is 16.3. The van der Waals surface area contributed by atoms with E-state index in [1.165, 1.54) is 5.56 Å². The van der Waals surface area contributed by atoms with Crippen LogP contribution in [0.5, 0.6) is 5.75 Å². The summed E-state index contributed by atoms with van der Waals surface area (Å²) in [6.07, 6.45) is 2.02. The van der Waals surface area contributed by atoms with Crippen molar-refractivity contribution in [2.45, 2.75) is 25.1 Å². The van der Waals surface area contributed by atoms with E-state index in [1.54, 1.807) is 11.8 Å². The summed E-state index contributed by atoms with van der Waals surface area (Å²) in [5.74, 6) is 1.74. The predicted octanol–water partition coefficient (Wildman–Crippen LogP) is 3.00. The fourth-order valence-corrected chi connectivity index (χ4v) is 3.70. The lowest BCUT2D eigenvalue weighted by atomic mass is 10.2. The van der Waals surface area contributed by atoms with Gasteiger partial charge in [0.05, 0.1) is 12.4 Å². The quantitative estimate of drug-likeness (QED) is 0.736. The first-order valence-corrected chi connectivity index (χ1v) is 8.95. The highest BCUT2D eigenvalue weighted by molar-refractivity contribution is 8.00. The minimum atomic E-state index is 0.148. The molecule has 1 aliphatic heterocycles. The third kappa shape index (κ3) is 4.65. The first-order valence-electron chi connectivity index (χ1n) is 7.90. The Morgan fingerprint density at radius 3 is 2.68 bits per heavy atom. The minimum absolute atomic E-state index is 0.148. The first kappa shape index (κ1) is 17.2. The molecule has 0 radical (unpaired) electrons. The second kappa shape index (κ2) is 8.44. The lowest BCUT2D eigenvalue weighted by Gasteiger charge is -2.25. The number of hydrogen-bond acceptors (Lipinski definition) is 4. The SMILES string of the molecule is CCCOc1ccc(C2SCC(=O)N2CCCN(C)C)cc1. The van der Waals surface area contributed by atoms with Crippen LogP contribution in [-0.4, -0.2) is 55.3 Å². The molecule has 0 saturated carbocycles. The smallest absolute Gasteiger partial charge is 0.233 e. The van der Waals surface area contributed by atoms with Gasteiger partial charge in [0.2, 0.25) is 5.91 Å².